The van der Waals surface area contributed by atoms with Crippen molar-refractivity contribution in [3.8, 4) is 0 Å². The maximum atomic E-state index is 11.9. The number of likely N-dealkylation sites (N-methyl/N-ethyl adjacent to an activating group) is 2. The van der Waals surface area contributed by atoms with Crippen LogP contribution in [0.3, 0.4) is 0 Å². The van der Waals surface area contributed by atoms with Gasteiger partial charge in [0.25, 0.3) is 0 Å². The maximum Gasteiger partial charge on any atom is 0.315 e. The molecule has 7 nitrogen and oxygen atoms in total. The third-order valence-electron chi connectivity index (χ3n) is 3.96. The highest BCUT2D eigenvalue weighted by Gasteiger charge is 2.21. The van der Waals surface area contributed by atoms with Crippen molar-refractivity contribution in [1.29, 1.82) is 0 Å². The zero-order chi connectivity index (χ0) is 16.8. The van der Waals surface area contributed by atoms with E-state index in [0.29, 0.717) is 11.7 Å². The number of nitrogens with zero attached hydrogens (tertiary/aromatic N) is 3. The summed E-state index contributed by atoms with van der Waals surface area (Å²) in [5, 5.41) is 5.76. The zero-order valence-corrected chi connectivity index (χ0v) is 14.8. The van der Waals surface area contributed by atoms with Gasteiger partial charge in [-0.25, -0.2) is 4.98 Å². The molecule has 0 aromatic carbocycles. The van der Waals surface area contributed by atoms with Crippen LogP contribution in [0.15, 0.2) is 0 Å². The normalized spacial score (nSPS) is 14.6. The van der Waals surface area contributed by atoms with Crippen LogP contribution in [0.1, 0.15) is 24.4 Å². The first-order valence-electron chi connectivity index (χ1n) is 8.02. The van der Waals surface area contributed by atoms with Gasteiger partial charge in [0.15, 0.2) is 5.13 Å². The molecule has 0 bridgehead atoms. The molecule has 0 saturated carbocycles. The highest BCUT2D eigenvalue weighted by Crippen LogP contribution is 2.27. The van der Waals surface area contributed by atoms with Crippen LogP contribution in [0.2, 0.25) is 0 Å². The second kappa shape index (κ2) is 8.37. The molecule has 0 saturated heterocycles. The minimum absolute atomic E-state index is 0.465. The molecular formula is C15H25N5O2S. The fourth-order valence-electron chi connectivity index (χ4n) is 2.48. The zero-order valence-electron chi connectivity index (χ0n) is 14.0. The van der Waals surface area contributed by atoms with E-state index < -0.39 is 11.8 Å². The Hall–Kier alpha value is -1.51. The number of anilines is 1. The van der Waals surface area contributed by atoms with Crippen molar-refractivity contribution in [3.05, 3.63) is 10.6 Å². The summed E-state index contributed by atoms with van der Waals surface area (Å²) >= 11 is 1.45. The van der Waals surface area contributed by atoms with Crippen LogP contribution < -0.4 is 10.6 Å². The van der Waals surface area contributed by atoms with Crippen LogP contribution in [0.5, 0.6) is 0 Å². The Balaban J connectivity index is 1.81. The number of aromatic nitrogens is 1. The van der Waals surface area contributed by atoms with Gasteiger partial charge in [-0.1, -0.05) is 13.8 Å². The van der Waals surface area contributed by atoms with Crippen molar-refractivity contribution >= 4 is 28.3 Å². The van der Waals surface area contributed by atoms with E-state index in [0.717, 1.165) is 49.7 Å². The molecule has 1 aromatic rings. The molecule has 2 N–H and O–H groups in total. The Kier molecular flexibility index (Phi) is 6.49. The summed E-state index contributed by atoms with van der Waals surface area (Å²) < 4.78 is 0. The Bertz CT molecular complexity index is 556. The van der Waals surface area contributed by atoms with Crippen LogP contribution in [-0.4, -0.2) is 66.4 Å². The number of carbonyl (C=O) groups is 2. The number of hydrogen-bond donors (Lipinski definition) is 2. The lowest BCUT2D eigenvalue weighted by molar-refractivity contribution is -0.136. The minimum atomic E-state index is -0.649. The monoisotopic (exact) mass is 339 g/mol. The van der Waals surface area contributed by atoms with Gasteiger partial charge in [0.05, 0.1) is 5.69 Å². The Morgan fingerprint density at radius 3 is 2.74 bits per heavy atom. The molecule has 0 aliphatic carbocycles. The van der Waals surface area contributed by atoms with Crippen molar-refractivity contribution in [2.24, 2.45) is 0 Å². The van der Waals surface area contributed by atoms with Gasteiger partial charge in [-0.3, -0.25) is 14.9 Å². The molecule has 0 spiro atoms. The Morgan fingerprint density at radius 1 is 1.30 bits per heavy atom. The number of carbonyl (C=O) groups excluding carboxylic acids is 2. The molecule has 2 heterocycles. The molecule has 2 rings (SSSR count). The number of hydrogen-bond acceptors (Lipinski definition) is 6. The summed E-state index contributed by atoms with van der Waals surface area (Å²) in [5.74, 6) is -1.26. The van der Waals surface area contributed by atoms with Crippen molar-refractivity contribution in [1.82, 2.24) is 20.1 Å². The first kappa shape index (κ1) is 17.8. The molecule has 0 fully saturated rings. The summed E-state index contributed by atoms with van der Waals surface area (Å²) in [4.78, 5) is 33.7. The van der Waals surface area contributed by atoms with E-state index in [2.05, 4.69) is 46.3 Å². The fourth-order valence-corrected chi connectivity index (χ4v) is 3.56. The molecule has 0 radical (unpaired) electrons. The van der Waals surface area contributed by atoms with Gasteiger partial charge in [-0.2, -0.15) is 0 Å². The highest BCUT2D eigenvalue weighted by atomic mass is 32.1. The molecule has 1 aliphatic heterocycles. The first-order chi connectivity index (χ1) is 11.0. The van der Waals surface area contributed by atoms with Gasteiger partial charge >= 0.3 is 11.8 Å². The molecule has 8 heteroatoms. The second-order valence-corrected chi connectivity index (χ2v) is 6.70. The fraction of sp³-hybridized carbons (Fsp3) is 0.667. The summed E-state index contributed by atoms with van der Waals surface area (Å²) in [6.07, 6.45) is 0.883. The van der Waals surface area contributed by atoms with Gasteiger partial charge in [-0.05, 0) is 20.1 Å². The van der Waals surface area contributed by atoms with E-state index in [-0.39, 0.29) is 0 Å². The van der Waals surface area contributed by atoms with Crippen molar-refractivity contribution in [3.63, 3.8) is 0 Å². The van der Waals surface area contributed by atoms with Gasteiger partial charge in [0.1, 0.15) is 0 Å². The molecule has 128 valence electrons. The van der Waals surface area contributed by atoms with E-state index in [9.17, 15) is 9.59 Å². The number of fused-ring (bicyclic) bond motifs is 1. The van der Waals surface area contributed by atoms with Gasteiger partial charge in [0.2, 0.25) is 0 Å². The molecule has 23 heavy (non-hydrogen) atoms. The van der Waals surface area contributed by atoms with Crippen molar-refractivity contribution in [2.75, 3.05) is 45.1 Å². The van der Waals surface area contributed by atoms with Gasteiger partial charge < -0.3 is 15.1 Å². The molecule has 1 aliphatic rings. The number of thiazole rings is 1. The summed E-state index contributed by atoms with van der Waals surface area (Å²) in [6.45, 7) is 9.01. The molecule has 2 amide bonds. The SMILES string of the molecule is CCN(CC)CCNC(=O)C(=O)Nc1nc2c(s1)CN(C)CC2. The maximum absolute atomic E-state index is 11.9. The summed E-state index contributed by atoms with van der Waals surface area (Å²) in [5.41, 5.74) is 1.03. The standard InChI is InChI=1S/C15H25N5O2S/c1-4-20(5-2)9-7-16-13(21)14(22)18-15-17-11-6-8-19(3)10-12(11)23-15/h4-10H2,1-3H3,(H,16,21)(H,17,18,22). The van der Waals surface area contributed by atoms with E-state index in [4.69, 9.17) is 0 Å². The highest BCUT2D eigenvalue weighted by molar-refractivity contribution is 7.16. The average Bonchev–Trinajstić information content (AvgIpc) is 2.92. The van der Waals surface area contributed by atoms with Crippen LogP contribution in [0.25, 0.3) is 0 Å². The average molecular weight is 339 g/mol. The number of nitrogens with one attached hydrogen (secondary N) is 2. The molecular weight excluding hydrogens is 314 g/mol. The summed E-state index contributed by atoms with van der Waals surface area (Å²) in [6, 6.07) is 0. The predicted molar refractivity (Wildman–Crippen MR) is 91.6 cm³/mol. The lowest BCUT2D eigenvalue weighted by Crippen LogP contribution is -2.40. The number of amides is 2. The van der Waals surface area contributed by atoms with Gasteiger partial charge in [-0.15, -0.1) is 11.3 Å². The summed E-state index contributed by atoms with van der Waals surface area (Å²) in [7, 11) is 2.06. The number of rotatable bonds is 6. The largest absolute Gasteiger partial charge is 0.347 e. The third-order valence-corrected chi connectivity index (χ3v) is 4.95. The van der Waals surface area contributed by atoms with E-state index in [1.807, 2.05) is 0 Å². The molecule has 0 atom stereocenters. The smallest absolute Gasteiger partial charge is 0.315 e. The lowest BCUT2D eigenvalue weighted by atomic mass is 10.2. The van der Waals surface area contributed by atoms with Crippen LogP contribution in [0.4, 0.5) is 5.13 Å². The Labute approximate surface area is 141 Å². The minimum Gasteiger partial charge on any atom is -0.347 e. The first-order valence-corrected chi connectivity index (χ1v) is 8.83. The van der Waals surface area contributed by atoms with Crippen LogP contribution in [0, 0.1) is 0 Å². The van der Waals surface area contributed by atoms with E-state index in [1.165, 1.54) is 11.3 Å². The van der Waals surface area contributed by atoms with E-state index >= 15 is 0 Å². The van der Waals surface area contributed by atoms with Crippen molar-refractivity contribution in [2.45, 2.75) is 26.8 Å². The quantitative estimate of drug-likeness (QED) is 0.739. The Morgan fingerprint density at radius 2 is 2.04 bits per heavy atom. The van der Waals surface area contributed by atoms with E-state index in [1.54, 1.807) is 0 Å². The van der Waals surface area contributed by atoms with Crippen LogP contribution in [-0.2, 0) is 22.6 Å². The van der Waals surface area contributed by atoms with Gasteiger partial charge in [0, 0.05) is 37.5 Å². The van der Waals surface area contributed by atoms with Crippen LogP contribution >= 0.6 is 11.3 Å². The molecule has 1 aromatic heterocycles. The third kappa shape index (κ3) is 4.98. The lowest BCUT2D eigenvalue weighted by Gasteiger charge is -2.20. The molecule has 0 unspecified atom stereocenters. The second-order valence-electron chi connectivity index (χ2n) is 5.61. The topological polar surface area (TPSA) is 77.6 Å². The predicted octanol–water partition coefficient (Wildman–Crippen LogP) is 0.528. The van der Waals surface area contributed by atoms with Crippen molar-refractivity contribution < 1.29 is 9.59 Å².